The summed E-state index contributed by atoms with van der Waals surface area (Å²) in [6, 6.07) is 10.5. The number of rotatable bonds is 4. The zero-order valence-electron chi connectivity index (χ0n) is 9.68. The van der Waals surface area contributed by atoms with Gasteiger partial charge in [-0.05, 0) is 36.8 Å². The summed E-state index contributed by atoms with van der Waals surface area (Å²) in [6.45, 7) is 2.14. The van der Waals surface area contributed by atoms with Gasteiger partial charge in [0, 0.05) is 16.4 Å². The Morgan fingerprint density at radius 2 is 1.83 bits per heavy atom. The van der Waals surface area contributed by atoms with Gasteiger partial charge in [0.2, 0.25) is 10.0 Å². The highest BCUT2D eigenvalue weighted by molar-refractivity contribution is 7.91. The molecule has 1 N–H and O–H groups in total. The Hall–Kier alpha value is -0.880. The third-order valence-corrected chi connectivity index (χ3v) is 5.51. The standard InChI is InChI=1S/C12H12ClNO2S2/c1-9-2-7-12(17-9)18(15,16)14-8-10-3-5-11(13)6-4-10/h2-7,14H,8H2,1H3. The largest absolute Gasteiger partial charge is 0.250 e. The molecule has 6 heteroatoms. The Kier molecular flexibility index (Phi) is 4.07. The van der Waals surface area contributed by atoms with Crippen LogP contribution in [0.2, 0.25) is 5.02 Å². The number of halogens is 1. The highest BCUT2D eigenvalue weighted by Gasteiger charge is 2.15. The van der Waals surface area contributed by atoms with E-state index >= 15 is 0 Å². The number of nitrogens with one attached hydrogen (secondary N) is 1. The lowest BCUT2D eigenvalue weighted by Gasteiger charge is -2.04. The van der Waals surface area contributed by atoms with E-state index < -0.39 is 10.0 Å². The summed E-state index contributed by atoms with van der Waals surface area (Å²) in [5, 5.41) is 0.635. The summed E-state index contributed by atoms with van der Waals surface area (Å²) in [6.07, 6.45) is 0. The predicted octanol–water partition coefficient (Wildman–Crippen LogP) is 3.19. The molecule has 0 amide bonds. The molecule has 0 unspecified atom stereocenters. The molecule has 1 heterocycles. The van der Waals surface area contributed by atoms with Gasteiger partial charge in [-0.3, -0.25) is 0 Å². The minimum absolute atomic E-state index is 0.260. The van der Waals surface area contributed by atoms with E-state index in [9.17, 15) is 8.42 Å². The molecule has 0 spiro atoms. The summed E-state index contributed by atoms with van der Waals surface area (Å²) < 4.78 is 26.8. The maximum atomic E-state index is 12.0. The summed E-state index contributed by atoms with van der Waals surface area (Å²) in [4.78, 5) is 0.974. The third-order valence-electron chi connectivity index (χ3n) is 2.36. The van der Waals surface area contributed by atoms with Gasteiger partial charge in [0.15, 0.2) is 0 Å². The van der Waals surface area contributed by atoms with Crippen LogP contribution in [-0.4, -0.2) is 8.42 Å². The van der Waals surface area contributed by atoms with Crippen LogP contribution in [0.3, 0.4) is 0 Å². The van der Waals surface area contributed by atoms with Crippen LogP contribution in [0, 0.1) is 6.92 Å². The molecule has 1 aromatic carbocycles. The Balaban J connectivity index is 2.08. The molecule has 0 aliphatic heterocycles. The van der Waals surface area contributed by atoms with Crippen molar-refractivity contribution in [1.29, 1.82) is 0 Å². The van der Waals surface area contributed by atoms with Crippen LogP contribution < -0.4 is 4.72 Å². The molecule has 0 aliphatic carbocycles. The van der Waals surface area contributed by atoms with Crippen LogP contribution in [0.1, 0.15) is 10.4 Å². The zero-order valence-corrected chi connectivity index (χ0v) is 12.1. The molecular weight excluding hydrogens is 290 g/mol. The summed E-state index contributed by atoms with van der Waals surface area (Å²) in [5.41, 5.74) is 0.872. The first-order chi connectivity index (χ1) is 8.47. The average molecular weight is 302 g/mol. The van der Waals surface area contributed by atoms with Gasteiger partial charge < -0.3 is 0 Å². The maximum Gasteiger partial charge on any atom is 0.250 e. The van der Waals surface area contributed by atoms with E-state index in [-0.39, 0.29) is 6.54 Å². The molecule has 2 rings (SSSR count). The molecule has 2 aromatic rings. The van der Waals surface area contributed by atoms with Crippen molar-refractivity contribution in [1.82, 2.24) is 4.72 Å². The fraction of sp³-hybridized carbons (Fsp3) is 0.167. The number of hydrogen-bond acceptors (Lipinski definition) is 3. The predicted molar refractivity (Wildman–Crippen MR) is 74.5 cm³/mol. The molecular formula is C12H12ClNO2S2. The van der Waals surface area contributed by atoms with Crippen LogP contribution in [0.25, 0.3) is 0 Å². The van der Waals surface area contributed by atoms with Gasteiger partial charge in [0.05, 0.1) is 0 Å². The van der Waals surface area contributed by atoms with Gasteiger partial charge in [-0.25, -0.2) is 13.1 Å². The van der Waals surface area contributed by atoms with E-state index in [1.807, 2.05) is 6.92 Å². The first kappa shape index (κ1) is 13.5. The Morgan fingerprint density at radius 3 is 2.39 bits per heavy atom. The molecule has 1 aromatic heterocycles. The van der Waals surface area contributed by atoms with E-state index in [0.29, 0.717) is 9.23 Å². The summed E-state index contributed by atoms with van der Waals surface area (Å²) in [5.74, 6) is 0. The van der Waals surface area contributed by atoms with E-state index in [4.69, 9.17) is 11.6 Å². The fourth-order valence-corrected chi connectivity index (χ4v) is 3.88. The molecule has 0 bridgehead atoms. The van der Waals surface area contributed by atoms with Crippen molar-refractivity contribution in [3.05, 3.63) is 51.9 Å². The molecule has 0 atom stereocenters. The van der Waals surface area contributed by atoms with Gasteiger partial charge >= 0.3 is 0 Å². The molecule has 0 aliphatic rings. The molecule has 0 saturated carbocycles. The first-order valence-electron chi connectivity index (χ1n) is 5.28. The fourth-order valence-electron chi connectivity index (χ4n) is 1.41. The Morgan fingerprint density at radius 1 is 1.17 bits per heavy atom. The Bertz CT molecular complexity index is 632. The molecule has 96 valence electrons. The maximum absolute atomic E-state index is 12.0. The number of hydrogen-bond donors (Lipinski definition) is 1. The van der Waals surface area contributed by atoms with Crippen LogP contribution in [0.5, 0.6) is 0 Å². The van der Waals surface area contributed by atoms with Gasteiger partial charge in [-0.2, -0.15) is 0 Å². The second kappa shape index (κ2) is 5.40. The van der Waals surface area contributed by atoms with Crippen molar-refractivity contribution in [3.8, 4) is 0 Å². The minimum atomic E-state index is -3.41. The second-order valence-corrected chi connectivity index (χ2v) is 7.53. The average Bonchev–Trinajstić information content (AvgIpc) is 2.76. The molecule has 3 nitrogen and oxygen atoms in total. The Labute approximate surface area is 115 Å². The number of benzene rings is 1. The van der Waals surface area contributed by atoms with Gasteiger partial charge in [-0.15, -0.1) is 11.3 Å². The highest BCUT2D eigenvalue weighted by Crippen LogP contribution is 2.20. The molecule has 0 saturated heterocycles. The number of aryl methyl sites for hydroxylation is 1. The number of thiophene rings is 1. The lowest BCUT2D eigenvalue weighted by molar-refractivity contribution is 0.583. The number of sulfonamides is 1. The lowest BCUT2D eigenvalue weighted by Crippen LogP contribution is -2.22. The van der Waals surface area contributed by atoms with E-state index in [2.05, 4.69) is 4.72 Å². The van der Waals surface area contributed by atoms with Crippen molar-refractivity contribution >= 4 is 33.0 Å². The molecule has 0 fully saturated rings. The monoisotopic (exact) mass is 301 g/mol. The van der Waals surface area contributed by atoms with Crippen molar-refractivity contribution in [2.24, 2.45) is 0 Å². The van der Waals surface area contributed by atoms with Gasteiger partial charge in [-0.1, -0.05) is 23.7 Å². The highest BCUT2D eigenvalue weighted by atomic mass is 35.5. The molecule has 0 radical (unpaired) electrons. The van der Waals surface area contributed by atoms with E-state index in [1.165, 1.54) is 11.3 Å². The molecule has 18 heavy (non-hydrogen) atoms. The van der Waals surface area contributed by atoms with Crippen molar-refractivity contribution in [3.63, 3.8) is 0 Å². The van der Waals surface area contributed by atoms with Gasteiger partial charge in [0.25, 0.3) is 0 Å². The second-order valence-electron chi connectivity index (χ2n) is 3.82. The smallest absolute Gasteiger partial charge is 0.206 e. The third kappa shape index (κ3) is 3.32. The quantitative estimate of drug-likeness (QED) is 0.942. The topological polar surface area (TPSA) is 46.2 Å². The summed E-state index contributed by atoms with van der Waals surface area (Å²) >= 11 is 7.02. The van der Waals surface area contributed by atoms with Crippen LogP contribution >= 0.6 is 22.9 Å². The van der Waals surface area contributed by atoms with Crippen LogP contribution in [-0.2, 0) is 16.6 Å². The lowest BCUT2D eigenvalue weighted by atomic mass is 10.2. The van der Waals surface area contributed by atoms with Crippen molar-refractivity contribution in [2.75, 3.05) is 0 Å². The van der Waals surface area contributed by atoms with E-state index in [0.717, 1.165) is 10.4 Å². The normalized spacial score (nSPS) is 11.7. The minimum Gasteiger partial charge on any atom is -0.206 e. The zero-order chi connectivity index (χ0) is 13.2. The van der Waals surface area contributed by atoms with E-state index in [1.54, 1.807) is 36.4 Å². The first-order valence-corrected chi connectivity index (χ1v) is 7.96. The SMILES string of the molecule is Cc1ccc(S(=O)(=O)NCc2ccc(Cl)cc2)s1. The van der Waals surface area contributed by atoms with Crippen LogP contribution in [0.15, 0.2) is 40.6 Å². The van der Waals surface area contributed by atoms with Crippen molar-refractivity contribution < 1.29 is 8.42 Å². The van der Waals surface area contributed by atoms with Gasteiger partial charge in [0.1, 0.15) is 4.21 Å². The van der Waals surface area contributed by atoms with Crippen LogP contribution in [0.4, 0.5) is 0 Å². The summed E-state index contributed by atoms with van der Waals surface area (Å²) in [7, 11) is -3.41. The van der Waals surface area contributed by atoms with Crippen molar-refractivity contribution in [2.45, 2.75) is 17.7 Å².